The van der Waals surface area contributed by atoms with Gasteiger partial charge in [0.15, 0.2) is 0 Å². The largest absolute Gasteiger partial charge is 0.352 e. The maximum absolute atomic E-state index is 12.5. The van der Waals surface area contributed by atoms with Crippen LogP contribution in [0.15, 0.2) is 24.3 Å². The molecule has 4 N–H and O–H groups in total. The smallest absolute Gasteiger partial charge is 0.251 e. The molecule has 1 aliphatic rings. The van der Waals surface area contributed by atoms with Gasteiger partial charge in [-0.1, -0.05) is 33.6 Å². The number of amides is 2. The zero-order valence-electron chi connectivity index (χ0n) is 15.6. The maximum Gasteiger partial charge on any atom is 0.251 e. The Hall–Kier alpha value is -1.88. The summed E-state index contributed by atoms with van der Waals surface area (Å²) in [7, 11) is 0. The quantitative estimate of drug-likeness (QED) is 0.767. The fraction of sp³-hybridized carbons (Fsp3) is 0.600. The van der Waals surface area contributed by atoms with Gasteiger partial charge in [0.1, 0.15) is 0 Å². The summed E-state index contributed by atoms with van der Waals surface area (Å²) in [6.45, 7) is 7.43. The molecule has 0 spiro atoms. The van der Waals surface area contributed by atoms with Crippen LogP contribution in [0.4, 0.5) is 0 Å². The summed E-state index contributed by atoms with van der Waals surface area (Å²) in [5, 5.41) is 6.02. The van der Waals surface area contributed by atoms with E-state index < -0.39 is 0 Å². The van der Waals surface area contributed by atoms with Gasteiger partial charge in [-0.15, -0.1) is 0 Å². The van der Waals surface area contributed by atoms with Crippen LogP contribution in [-0.4, -0.2) is 30.9 Å². The van der Waals surface area contributed by atoms with E-state index in [0.29, 0.717) is 30.1 Å². The highest BCUT2D eigenvalue weighted by atomic mass is 16.2. The normalized spacial score (nSPS) is 20.8. The van der Waals surface area contributed by atoms with Crippen LogP contribution >= 0.6 is 0 Å². The van der Waals surface area contributed by atoms with Crippen molar-refractivity contribution < 1.29 is 9.59 Å². The van der Waals surface area contributed by atoms with E-state index in [4.69, 9.17) is 5.73 Å². The first-order valence-corrected chi connectivity index (χ1v) is 9.19. The van der Waals surface area contributed by atoms with Crippen molar-refractivity contribution in [3.8, 4) is 0 Å². The number of carbonyl (C=O) groups excluding carboxylic acids is 2. The van der Waals surface area contributed by atoms with E-state index in [1.165, 1.54) is 6.42 Å². The first kappa shape index (κ1) is 19.4. The lowest BCUT2D eigenvalue weighted by Crippen LogP contribution is -2.44. The average molecular weight is 345 g/mol. The molecule has 1 aliphatic carbocycles. The third-order valence-corrected chi connectivity index (χ3v) is 4.72. The lowest BCUT2D eigenvalue weighted by molar-refractivity contribution is 0.0904. The molecule has 1 saturated carbocycles. The van der Waals surface area contributed by atoms with Crippen molar-refractivity contribution in [1.82, 2.24) is 10.6 Å². The summed E-state index contributed by atoms with van der Waals surface area (Å²) in [6.07, 6.45) is 4.39. The molecule has 0 aromatic heterocycles. The number of hydrogen-bond acceptors (Lipinski definition) is 3. The summed E-state index contributed by atoms with van der Waals surface area (Å²) < 4.78 is 0. The number of benzene rings is 1. The van der Waals surface area contributed by atoms with Gasteiger partial charge in [0.05, 0.1) is 0 Å². The summed E-state index contributed by atoms with van der Waals surface area (Å²) in [4.78, 5) is 24.6. The van der Waals surface area contributed by atoms with Gasteiger partial charge in [-0.25, -0.2) is 0 Å². The highest BCUT2D eigenvalue weighted by Gasteiger charge is 2.25. The number of hydrogen-bond donors (Lipinski definition) is 3. The average Bonchev–Trinajstić information content (AvgIpc) is 2.59. The molecule has 2 amide bonds. The second-order valence-electron chi connectivity index (χ2n) is 8.18. The Labute approximate surface area is 150 Å². The molecule has 0 aliphatic heterocycles. The molecule has 2 unspecified atom stereocenters. The van der Waals surface area contributed by atoms with Crippen LogP contribution in [0.5, 0.6) is 0 Å². The van der Waals surface area contributed by atoms with E-state index >= 15 is 0 Å². The number of nitrogens with one attached hydrogen (secondary N) is 2. The third kappa shape index (κ3) is 5.85. The first-order chi connectivity index (χ1) is 11.8. The monoisotopic (exact) mass is 345 g/mol. The summed E-state index contributed by atoms with van der Waals surface area (Å²) in [5.74, 6) is 0.157. The van der Waals surface area contributed by atoms with Crippen molar-refractivity contribution in [2.45, 2.75) is 52.5 Å². The van der Waals surface area contributed by atoms with Gasteiger partial charge >= 0.3 is 0 Å². The van der Waals surface area contributed by atoms with Crippen molar-refractivity contribution >= 4 is 11.8 Å². The molecule has 5 nitrogen and oxygen atoms in total. The Kier molecular flexibility index (Phi) is 6.59. The van der Waals surface area contributed by atoms with Crippen LogP contribution in [0.1, 0.15) is 67.2 Å². The van der Waals surface area contributed by atoms with Crippen LogP contribution in [0.3, 0.4) is 0 Å². The molecule has 0 heterocycles. The summed E-state index contributed by atoms with van der Waals surface area (Å²) >= 11 is 0. The number of nitrogens with two attached hydrogens (primary N) is 1. The lowest BCUT2D eigenvalue weighted by Gasteiger charge is -2.31. The van der Waals surface area contributed by atoms with E-state index in [0.717, 1.165) is 19.3 Å². The molecular formula is C20H31N3O2. The molecule has 5 heteroatoms. The van der Waals surface area contributed by atoms with Crippen LogP contribution in [0, 0.1) is 11.3 Å². The zero-order chi connectivity index (χ0) is 18.4. The van der Waals surface area contributed by atoms with Crippen LogP contribution in [0.2, 0.25) is 0 Å². The zero-order valence-corrected chi connectivity index (χ0v) is 15.6. The van der Waals surface area contributed by atoms with Gasteiger partial charge < -0.3 is 16.4 Å². The standard InChI is InChI=1S/C20H31N3O2/c1-20(2,3)13-22-18(24)14-8-10-15(11-9-14)19(25)23-17-7-5-4-6-16(17)12-21/h8-11,16-17H,4-7,12-13,21H2,1-3H3,(H,22,24)(H,23,25). The Morgan fingerprint density at radius 1 is 1.04 bits per heavy atom. The van der Waals surface area contributed by atoms with Crippen molar-refractivity contribution in [2.75, 3.05) is 13.1 Å². The van der Waals surface area contributed by atoms with Gasteiger partial charge in [-0.3, -0.25) is 9.59 Å². The predicted octanol–water partition coefficient (Wildman–Crippen LogP) is 2.71. The van der Waals surface area contributed by atoms with Crippen molar-refractivity contribution in [2.24, 2.45) is 17.1 Å². The molecule has 0 saturated heterocycles. The van der Waals surface area contributed by atoms with Crippen LogP contribution < -0.4 is 16.4 Å². The Balaban J connectivity index is 1.94. The Bertz CT molecular complexity index is 590. The second-order valence-corrected chi connectivity index (χ2v) is 8.18. The molecule has 2 rings (SSSR count). The minimum absolute atomic E-state index is 0.0367. The van der Waals surface area contributed by atoms with Crippen LogP contribution in [0.25, 0.3) is 0 Å². The minimum Gasteiger partial charge on any atom is -0.352 e. The fourth-order valence-electron chi connectivity index (χ4n) is 3.15. The summed E-state index contributed by atoms with van der Waals surface area (Å²) in [5.41, 5.74) is 7.01. The summed E-state index contributed by atoms with van der Waals surface area (Å²) in [6, 6.07) is 6.98. The molecule has 25 heavy (non-hydrogen) atoms. The molecule has 1 aromatic rings. The highest BCUT2D eigenvalue weighted by Crippen LogP contribution is 2.23. The van der Waals surface area contributed by atoms with E-state index in [2.05, 4.69) is 31.4 Å². The van der Waals surface area contributed by atoms with Crippen molar-refractivity contribution in [3.63, 3.8) is 0 Å². The molecule has 1 fully saturated rings. The second kappa shape index (κ2) is 8.48. The lowest BCUT2D eigenvalue weighted by atomic mass is 9.84. The Morgan fingerprint density at radius 2 is 1.60 bits per heavy atom. The van der Waals surface area contributed by atoms with E-state index in [1.807, 2.05) is 0 Å². The van der Waals surface area contributed by atoms with Gasteiger partial charge in [-0.2, -0.15) is 0 Å². The van der Waals surface area contributed by atoms with Crippen molar-refractivity contribution in [3.05, 3.63) is 35.4 Å². The van der Waals surface area contributed by atoms with Gasteiger partial charge in [0.25, 0.3) is 11.8 Å². The molecule has 0 radical (unpaired) electrons. The van der Waals surface area contributed by atoms with E-state index in [-0.39, 0.29) is 23.3 Å². The molecule has 2 atom stereocenters. The fourth-order valence-corrected chi connectivity index (χ4v) is 3.15. The number of rotatable bonds is 5. The maximum atomic E-state index is 12.5. The minimum atomic E-state index is -0.114. The molecule has 0 bridgehead atoms. The highest BCUT2D eigenvalue weighted by molar-refractivity contribution is 5.97. The molecule has 1 aromatic carbocycles. The predicted molar refractivity (Wildman–Crippen MR) is 100 cm³/mol. The first-order valence-electron chi connectivity index (χ1n) is 9.19. The van der Waals surface area contributed by atoms with Crippen LogP contribution in [-0.2, 0) is 0 Å². The van der Waals surface area contributed by atoms with E-state index in [9.17, 15) is 9.59 Å². The van der Waals surface area contributed by atoms with E-state index in [1.54, 1.807) is 24.3 Å². The molecule has 138 valence electrons. The SMILES string of the molecule is CC(C)(C)CNC(=O)c1ccc(C(=O)NC2CCCCC2CN)cc1. The van der Waals surface area contributed by atoms with Gasteiger partial charge in [-0.05, 0) is 55.0 Å². The van der Waals surface area contributed by atoms with Gasteiger partial charge in [0, 0.05) is 23.7 Å². The Morgan fingerprint density at radius 3 is 2.16 bits per heavy atom. The van der Waals surface area contributed by atoms with Crippen molar-refractivity contribution in [1.29, 1.82) is 0 Å². The third-order valence-electron chi connectivity index (χ3n) is 4.72. The number of carbonyl (C=O) groups is 2. The topological polar surface area (TPSA) is 84.2 Å². The molecular weight excluding hydrogens is 314 g/mol. The van der Waals surface area contributed by atoms with Gasteiger partial charge in [0.2, 0.25) is 0 Å².